The number of halogens is 2. The minimum Gasteiger partial charge on any atom is -0.369 e. The Bertz CT molecular complexity index is 1420. The van der Waals surface area contributed by atoms with E-state index in [1.807, 2.05) is 0 Å². The molecule has 0 aliphatic heterocycles. The van der Waals surface area contributed by atoms with Gasteiger partial charge in [0.1, 0.15) is 5.70 Å². The van der Waals surface area contributed by atoms with E-state index in [0.29, 0.717) is 5.56 Å². The largest absolute Gasteiger partial charge is 0.369 e. The summed E-state index contributed by atoms with van der Waals surface area (Å²) in [7, 11) is -3.86. The average Bonchev–Trinajstić information content (AvgIpc) is 2.80. The first-order valence-corrected chi connectivity index (χ1v) is 12.6. The van der Waals surface area contributed by atoms with E-state index in [1.165, 1.54) is 36.4 Å². The van der Waals surface area contributed by atoms with Gasteiger partial charge in [0.25, 0.3) is 11.8 Å². The Labute approximate surface area is 215 Å². The van der Waals surface area contributed by atoms with Gasteiger partial charge in [-0.1, -0.05) is 51.8 Å². The molecule has 0 atom stereocenters. The van der Waals surface area contributed by atoms with Crippen LogP contribution in [-0.4, -0.2) is 26.2 Å². The molecule has 0 heterocycles. The maximum absolute atomic E-state index is 13.0. The summed E-state index contributed by atoms with van der Waals surface area (Å²) in [4.78, 5) is 29.7. The molecule has 2 amide bonds. The lowest BCUT2D eigenvalue weighted by Gasteiger charge is -2.12. The van der Waals surface area contributed by atoms with Crippen LogP contribution in [0.1, 0.15) is 15.9 Å². The number of nitrogens with zero attached hydrogens (tertiary/aromatic N) is 1. The van der Waals surface area contributed by atoms with Crippen LogP contribution in [-0.2, 0) is 14.8 Å². The normalized spacial score (nSPS) is 12.2. The van der Waals surface area contributed by atoms with E-state index in [1.54, 1.807) is 42.5 Å². The second-order valence-corrected chi connectivity index (χ2v) is 9.92. The Morgan fingerprint density at radius 1 is 0.943 bits per heavy atom. The van der Waals surface area contributed by atoms with Crippen molar-refractivity contribution in [3.63, 3.8) is 0 Å². The van der Waals surface area contributed by atoms with Gasteiger partial charge in [-0.2, -0.15) is 0 Å². The molecule has 0 spiro atoms. The molecule has 180 valence electrons. The van der Waals surface area contributed by atoms with Crippen LogP contribution in [0.25, 0.3) is 6.08 Å². The van der Waals surface area contributed by atoms with Crippen LogP contribution in [0.5, 0.6) is 0 Å². The number of sulfonamides is 1. The second kappa shape index (κ2) is 11.3. The van der Waals surface area contributed by atoms with Crippen LogP contribution in [0, 0.1) is 0 Å². The summed E-state index contributed by atoms with van der Waals surface area (Å²) in [6.45, 7) is 0. The molecule has 0 bridgehead atoms. The van der Waals surface area contributed by atoms with Crippen LogP contribution in [0.2, 0.25) is 5.02 Å². The first kappa shape index (κ1) is 26.1. The van der Waals surface area contributed by atoms with Crippen molar-refractivity contribution >= 4 is 67.1 Å². The van der Waals surface area contributed by atoms with Crippen LogP contribution in [0.3, 0.4) is 0 Å². The lowest BCUT2D eigenvalue weighted by atomic mass is 10.1. The molecule has 0 unspecified atom stereocenters. The van der Waals surface area contributed by atoms with Crippen molar-refractivity contribution in [3.8, 4) is 0 Å². The summed E-state index contributed by atoms with van der Waals surface area (Å²) in [6.07, 6.45) is 1.46. The molecule has 3 aromatic rings. The van der Waals surface area contributed by atoms with Crippen molar-refractivity contribution < 1.29 is 18.0 Å². The van der Waals surface area contributed by atoms with Crippen molar-refractivity contribution in [1.29, 1.82) is 0 Å². The molecule has 6 N–H and O–H groups in total. The Hall–Kier alpha value is -3.51. The fourth-order valence-electron chi connectivity index (χ4n) is 2.78. The highest BCUT2D eigenvalue weighted by atomic mass is 79.9. The maximum atomic E-state index is 13.0. The molecule has 3 rings (SSSR count). The van der Waals surface area contributed by atoms with Gasteiger partial charge in [-0.3, -0.25) is 14.9 Å². The number of nitrogens with two attached hydrogens (primary N) is 2. The molecule has 0 saturated carbocycles. The van der Waals surface area contributed by atoms with E-state index in [0.717, 1.165) is 4.47 Å². The van der Waals surface area contributed by atoms with Gasteiger partial charge >= 0.3 is 0 Å². The molecule has 0 aliphatic rings. The van der Waals surface area contributed by atoms with E-state index in [4.69, 9.17) is 22.5 Å². The SMILES string of the molecule is NC(=Nc1ccc(S(N)(=O)=O)cc1)NC(=O)/C(=C\c1ccc(Br)cc1)NC(=O)c1ccccc1Cl. The molecular formula is C23H19BrClN5O4S. The fourth-order valence-corrected chi connectivity index (χ4v) is 3.78. The lowest BCUT2D eigenvalue weighted by molar-refractivity contribution is -0.116. The monoisotopic (exact) mass is 575 g/mol. The van der Waals surface area contributed by atoms with Crippen molar-refractivity contribution in [3.05, 3.63) is 99.1 Å². The van der Waals surface area contributed by atoms with Gasteiger partial charge in [0, 0.05) is 4.47 Å². The zero-order valence-electron chi connectivity index (χ0n) is 17.9. The number of carbonyl (C=O) groups is 2. The number of carbonyl (C=O) groups excluding carboxylic acids is 2. The van der Waals surface area contributed by atoms with E-state index >= 15 is 0 Å². The first-order valence-electron chi connectivity index (χ1n) is 9.84. The van der Waals surface area contributed by atoms with Gasteiger partial charge in [0.15, 0.2) is 0 Å². The lowest BCUT2D eigenvalue weighted by Crippen LogP contribution is -2.41. The minimum absolute atomic E-state index is 0.0962. The van der Waals surface area contributed by atoms with Crippen LogP contribution in [0.4, 0.5) is 5.69 Å². The average molecular weight is 577 g/mol. The summed E-state index contributed by atoms with van der Waals surface area (Å²) < 4.78 is 23.6. The second-order valence-electron chi connectivity index (χ2n) is 7.03. The van der Waals surface area contributed by atoms with Gasteiger partial charge in [0.05, 0.1) is 21.2 Å². The topological polar surface area (TPSA) is 157 Å². The van der Waals surface area contributed by atoms with Crippen LogP contribution >= 0.6 is 27.5 Å². The quantitative estimate of drug-likeness (QED) is 0.201. The number of hydrogen-bond acceptors (Lipinski definition) is 5. The number of guanidine groups is 1. The van der Waals surface area contributed by atoms with E-state index < -0.39 is 21.8 Å². The molecule has 0 aromatic heterocycles. The van der Waals surface area contributed by atoms with Crippen molar-refractivity contribution in [2.45, 2.75) is 4.90 Å². The predicted octanol–water partition coefficient (Wildman–Crippen LogP) is 3.28. The third-order valence-corrected chi connectivity index (χ3v) is 6.24. The summed E-state index contributed by atoms with van der Waals surface area (Å²) in [5.41, 5.74) is 6.83. The molecule has 0 saturated heterocycles. The van der Waals surface area contributed by atoms with Crippen molar-refractivity contribution in [2.75, 3.05) is 0 Å². The van der Waals surface area contributed by atoms with Crippen molar-refractivity contribution in [2.24, 2.45) is 15.9 Å². The Morgan fingerprint density at radius 2 is 1.57 bits per heavy atom. The molecular weight excluding hydrogens is 558 g/mol. The van der Waals surface area contributed by atoms with Crippen LogP contribution < -0.4 is 21.5 Å². The van der Waals surface area contributed by atoms with Gasteiger partial charge in [0.2, 0.25) is 16.0 Å². The van der Waals surface area contributed by atoms with Crippen LogP contribution in [0.15, 0.2) is 92.9 Å². The predicted molar refractivity (Wildman–Crippen MR) is 138 cm³/mol. The number of nitrogens with one attached hydrogen (secondary N) is 2. The fraction of sp³-hybridized carbons (Fsp3) is 0. The molecule has 3 aromatic carbocycles. The summed E-state index contributed by atoms with van der Waals surface area (Å²) in [6, 6.07) is 18.7. The maximum Gasteiger partial charge on any atom is 0.274 e. The van der Waals surface area contributed by atoms with E-state index in [-0.39, 0.29) is 32.8 Å². The van der Waals surface area contributed by atoms with Gasteiger partial charge in [-0.25, -0.2) is 18.5 Å². The number of rotatable bonds is 6. The van der Waals surface area contributed by atoms with Gasteiger partial charge in [-0.05, 0) is 60.2 Å². The van der Waals surface area contributed by atoms with E-state index in [2.05, 4.69) is 31.6 Å². The zero-order chi connectivity index (χ0) is 25.6. The molecule has 0 aliphatic carbocycles. The number of benzene rings is 3. The standard InChI is InChI=1S/C23H19BrClN5O4S/c24-15-7-5-14(6-8-15)13-20(29-21(31)18-3-1-2-4-19(18)25)22(32)30-23(26)28-16-9-11-17(12-10-16)35(27,33)34/h1-13H,(H,29,31)(H2,27,33,34)(H3,26,28,30,32)/b20-13+. The van der Waals surface area contributed by atoms with Crippen molar-refractivity contribution in [1.82, 2.24) is 10.6 Å². The third kappa shape index (κ3) is 7.49. The minimum atomic E-state index is -3.86. The van der Waals surface area contributed by atoms with Gasteiger partial charge < -0.3 is 11.1 Å². The van der Waals surface area contributed by atoms with Gasteiger partial charge in [-0.15, -0.1) is 0 Å². The smallest absolute Gasteiger partial charge is 0.274 e. The number of primary sulfonamides is 1. The highest BCUT2D eigenvalue weighted by molar-refractivity contribution is 9.10. The molecule has 0 fully saturated rings. The number of amides is 2. The first-order chi connectivity index (χ1) is 16.5. The molecule has 0 radical (unpaired) electrons. The number of aliphatic imine (C=N–C) groups is 1. The summed E-state index contributed by atoms with van der Waals surface area (Å²) >= 11 is 9.44. The highest BCUT2D eigenvalue weighted by Crippen LogP contribution is 2.17. The van der Waals surface area contributed by atoms with E-state index in [9.17, 15) is 18.0 Å². The Morgan fingerprint density at radius 3 is 2.17 bits per heavy atom. The summed E-state index contributed by atoms with van der Waals surface area (Å²) in [5, 5.41) is 10.2. The Balaban J connectivity index is 1.85. The highest BCUT2D eigenvalue weighted by Gasteiger charge is 2.17. The zero-order valence-corrected chi connectivity index (χ0v) is 21.1. The molecule has 9 nitrogen and oxygen atoms in total. The molecule has 12 heteroatoms. The molecule has 35 heavy (non-hydrogen) atoms. The summed E-state index contributed by atoms with van der Waals surface area (Å²) in [5.74, 6) is -1.62. The third-order valence-electron chi connectivity index (χ3n) is 4.45. The Kier molecular flexibility index (Phi) is 8.41. The number of hydrogen-bond donors (Lipinski definition) is 4.